The first kappa shape index (κ1) is 71.6. The van der Waals surface area contributed by atoms with Crippen LogP contribution in [0.3, 0.4) is 0 Å². The number of hydrogen-bond donors (Lipinski definition) is 1. The normalized spacial score (nSPS) is 12.1. The SMILES string of the molecule is CCCCCCCCCC/C=C\CCCCCCCCCCCCCCCCCC(=O)OC(CO)COC(=O)CCCCCCCCCCCCCCCCCCCCCCCCCCCCCCCCCC. The summed E-state index contributed by atoms with van der Waals surface area (Å²) in [5.41, 5.74) is 0. The molecule has 73 heavy (non-hydrogen) atoms. The number of allylic oxidation sites excluding steroid dienone is 2. The molecule has 0 aromatic heterocycles. The molecule has 0 amide bonds. The second-order valence-corrected chi connectivity index (χ2v) is 23.3. The zero-order chi connectivity index (χ0) is 52.7. The molecule has 0 rings (SSSR count). The Kier molecular flexibility index (Phi) is 63.7. The van der Waals surface area contributed by atoms with Crippen molar-refractivity contribution >= 4 is 11.9 Å². The van der Waals surface area contributed by atoms with Crippen LogP contribution in [-0.4, -0.2) is 36.4 Å². The lowest BCUT2D eigenvalue weighted by molar-refractivity contribution is -0.161. The fourth-order valence-electron chi connectivity index (χ4n) is 10.7. The van der Waals surface area contributed by atoms with E-state index in [-0.39, 0.29) is 25.2 Å². The van der Waals surface area contributed by atoms with Crippen molar-refractivity contribution < 1.29 is 24.2 Å². The third-order valence-corrected chi connectivity index (χ3v) is 15.8. The van der Waals surface area contributed by atoms with Crippen molar-refractivity contribution in [2.24, 2.45) is 0 Å². The Labute approximate surface area is 458 Å². The monoisotopic (exact) mass is 1030 g/mol. The van der Waals surface area contributed by atoms with Crippen molar-refractivity contribution in [2.75, 3.05) is 13.2 Å². The highest BCUT2D eigenvalue weighted by molar-refractivity contribution is 5.70. The summed E-state index contributed by atoms with van der Waals surface area (Å²) in [6.07, 6.45) is 82.5. The van der Waals surface area contributed by atoms with E-state index in [1.165, 1.54) is 334 Å². The average Bonchev–Trinajstić information content (AvgIpc) is 3.39. The lowest BCUT2D eigenvalue weighted by Crippen LogP contribution is -2.28. The quantitative estimate of drug-likeness (QED) is 0.0373. The summed E-state index contributed by atoms with van der Waals surface area (Å²) in [6.45, 7) is 4.21. The molecule has 434 valence electrons. The molecule has 1 unspecified atom stereocenters. The highest BCUT2D eigenvalue weighted by Gasteiger charge is 2.16. The maximum Gasteiger partial charge on any atom is 0.306 e. The molecule has 0 aromatic rings. The molecule has 0 aromatic carbocycles. The van der Waals surface area contributed by atoms with Crippen LogP contribution in [0.1, 0.15) is 393 Å². The van der Waals surface area contributed by atoms with E-state index in [4.69, 9.17) is 9.47 Å². The molecule has 5 nitrogen and oxygen atoms in total. The van der Waals surface area contributed by atoms with Gasteiger partial charge < -0.3 is 14.6 Å². The van der Waals surface area contributed by atoms with Gasteiger partial charge in [0, 0.05) is 12.8 Å². The maximum atomic E-state index is 12.3. The molecular weight excluding hydrogens is 897 g/mol. The molecule has 0 saturated heterocycles. The fraction of sp³-hybridized carbons (Fsp3) is 0.941. The first-order chi connectivity index (χ1) is 36.1. The van der Waals surface area contributed by atoms with Crippen LogP contribution >= 0.6 is 0 Å². The zero-order valence-corrected chi connectivity index (χ0v) is 49.9. The first-order valence-corrected chi connectivity index (χ1v) is 33.7. The minimum atomic E-state index is -0.767. The van der Waals surface area contributed by atoms with Crippen molar-refractivity contribution in [2.45, 2.75) is 399 Å². The van der Waals surface area contributed by atoms with Crippen LogP contribution in [0, 0.1) is 0 Å². The van der Waals surface area contributed by atoms with Crippen molar-refractivity contribution in [1.82, 2.24) is 0 Å². The van der Waals surface area contributed by atoms with Crippen LogP contribution < -0.4 is 0 Å². The van der Waals surface area contributed by atoms with E-state index < -0.39 is 6.10 Å². The van der Waals surface area contributed by atoms with Gasteiger partial charge in [-0.25, -0.2) is 0 Å². The molecule has 0 saturated carbocycles. The molecule has 5 heteroatoms. The van der Waals surface area contributed by atoms with Gasteiger partial charge in [-0.05, 0) is 38.5 Å². The van der Waals surface area contributed by atoms with Crippen molar-refractivity contribution in [3.63, 3.8) is 0 Å². The molecule has 0 aliphatic heterocycles. The highest BCUT2D eigenvalue weighted by Crippen LogP contribution is 2.19. The Morgan fingerprint density at radius 1 is 0.301 bits per heavy atom. The van der Waals surface area contributed by atoms with Gasteiger partial charge in [-0.3, -0.25) is 9.59 Å². The standard InChI is InChI=1S/C68H132O5/c1-3-5-7-9-11-13-15-17-19-21-23-25-27-29-31-32-33-34-35-37-38-40-42-44-46-48-50-52-54-56-58-60-62-67(70)72-65-66(64-69)73-68(71)63-61-59-57-55-53-51-49-47-45-43-41-39-36-30-28-26-24-22-20-18-16-14-12-10-8-6-4-2/h22,24,66,69H,3-21,23,25-65H2,1-2H3/b24-22-. The Bertz CT molecular complexity index is 1070. The molecule has 0 radical (unpaired) electrons. The second kappa shape index (κ2) is 64.9. The van der Waals surface area contributed by atoms with Crippen LogP contribution in [-0.2, 0) is 19.1 Å². The topological polar surface area (TPSA) is 72.8 Å². The number of rotatable bonds is 64. The summed E-state index contributed by atoms with van der Waals surface area (Å²) in [4.78, 5) is 24.6. The van der Waals surface area contributed by atoms with E-state index in [0.717, 1.165) is 32.1 Å². The van der Waals surface area contributed by atoms with Gasteiger partial charge in [0.2, 0.25) is 0 Å². The van der Waals surface area contributed by atoms with Gasteiger partial charge in [0.05, 0.1) is 6.61 Å². The van der Waals surface area contributed by atoms with E-state index in [2.05, 4.69) is 26.0 Å². The Morgan fingerprint density at radius 3 is 0.740 bits per heavy atom. The smallest absolute Gasteiger partial charge is 0.306 e. The number of ether oxygens (including phenoxy) is 2. The van der Waals surface area contributed by atoms with Crippen LogP contribution in [0.25, 0.3) is 0 Å². The summed E-state index contributed by atoms with van der Waals surface area (Å²) in [5.74, 6) is -0.563. The Morgan fingerprint density at radius 2 is 0.507 bits per heavy atom. The minimum Gasteiger partial charge on any atom is -0.462 e. The van der Waals surface area contributed by atoms with Crippen molar-refractivity contribution in [1.29, 1.82) is 0 Å². The van der Waals surface area contributed by atoms with Gasteiger partial charge in [-0.15, -0.1) is 0 Å². The summed E-state index contributed by atoms with van der Waals surface area (Å²) in [5, 5.41) is 9.69. The summed E-state index contributed by atoms with van der Waals surface area (Å²) >= 11 is 0. The molecule has 0 heterocycles. The van der Waals surface area contributed by atoms with E-state index >= 15 is 0 Å². The summed E-state index contributed by atoms with van der Waals surface area (Å²) in [7, 11) is 0. The van der Waals surface area contributed by atoms with Gasteiger partial charge in [0.1, 0.15) is 6.61 Å². The first-order valence-electron chi connectivity index (χ1n) is 33.7. The molecule has 0 spiro atoms. The molecule has 1 atom stereocenters. The van der Waals surface area contributed by atoms with Crippen molar-refractivity contribution in [3.8, 4) is 0 Å². The molecule has 0 aliphatic carbocycles. The van der Waals surface area contributed by atoms with E-state index in [1.807, 2.05) is 0 Å². The molecular formula is C68H132O5. The van der Waals surface area contributed by atoms with Gasteiger partial charge in [-0.1, -0.05) is 353 Å². The summed E-state index contributed by atoms with van der Waals surface area (Å²) < 4.78 is 10.8. The Balaban J connectivity index is 3.37. The fourth-order valence-corrected chi connectivity index (χ4v) is 10.7. The predicted octanol–water partition coefficient (Wildman–Crippen LogP) is 23.0. The zero-order valence-electron chi connectivity index (χ0n) is 49.9. The van der Waals surface area contributed by atoms with Gasteiger partial charge >= 0.3 is 11.9 Å². The van der Waals surface area contributed by atoms with Gasteiger partial charge in [-0.2, -0.15) is 0 Å². The van der Waals surface area contributed by atoms with Crippen LogP contribution in [0.2, 0.25) is 0 Å². The highest BCUT2D eigenvalue weighted by atomic mass is 16.6. The van der Waals surface area contributed by atoms with E-state index in [9.17, 15) is 14.7 Å². The average molecular weight is 1030 g/mol. The summed E-state index contributed by atoms with van der Waals surface area (Å²) in [6, 6.07) is 0. The van der Waals surface area contributed by atoms with E-state index in [0.29, 0.717) is 12.8 Å². The van der Waals surface area contributed by atoms with Gasteiger partial charge in [0.15, 0.2) is 6.10 Å². The van der Waals surface area contributed by atoms with Crippen molar-refractivity contribution in [3.05, 3.63) is 12.2 Å². The second-order valence-electron chi connectivity index (χ2n) is 23.3. The number of esters is 2. The number of aliphatic hydroxyl groups excluding tert-OH is 1. The third kappa shape index (κ3) is 63.1. The predicted molar refractivity (Wildman–Crippen MR) is 321 cm³/mol. The van der Waals surface area contributed by atoms with Gasteiger partial charge in [0.25, 0.3) is 0 Å². The lowest BCUT2D eigenvalue weighted by Gasteiger charge is -2.15. The lowest BCUT2D eigenvalue weighted by atomic mass is 10.0. The number of hydrogen-bond acceptors (Lipinski definition) is 5. The van der Waals surface area contributed by atoms with Crippen LogP contribution in [0.5, 0.6) is 0 Å². The largest absolute Gasteiger partial charge is 0.462 e. The minimum absolute atomic E-state index is 0.0573. The molecule has 0 aliphatic rings. The molecule has 0 bridgehead atoms. The number of aliphatic hydroxyl groups is 1. The number of carbonyl (C=O) groups is 2. The van der Waals surface area contributed by atoms with E-state index in [1.54, 1.807) is 0 Å². The number of unbranched alkanes of at least 4 members (excludes halogenated alkanes) is 54. The van der Waals surface area contributed by atoms with Crippen LogP contribution in [0.4, 0.5) is 0 Å². The molecule has 1 N–H and O–H groups in total. The molecule has 0 fully saturated rings. The maximum absolute atomic E-state index is 12.3. The van der Waals surface area contributed by atoms with Crippen LogP contribution in [0.15, 0.2) is 12.2 Å². The Hall–Kier alpha value is -1.36. The number of carbonyl (C=O) groups excluding carboxylic acids is 2. The third-order valence-electron chi connectivity index (χ3n) is 15.8.